The van der Waals surface area contributed by atoms with Crippen molar-refractivity contribution < 1.29 is 19.1 Å². The van der Waals surface area contributed by atoms with Gasteiger partial charge in [0.1, 0.15) is 5.54 Å². The molecule has 0 heterocycles. The van der Waals surface area contributed by atoms with Gasteiger partial charge in [-0.05, 0) is 25.0 Å². The standard InChI is InChI=1S/C18H24N4O4/c1-13(2)18(3,12-19)22-15(23)11-26-16(24)9-10-20-17(25)21-14-7-5-4-6-8-14/h4-8,13H,9-11H2,1-3H3,(H,22,23)(H2,20,21,25)/t18-/m1/s1. The van der Waals surface area contributed by atoms with Crippen molar-refractivity contribution in [3.8, 4) is 6.07 Å². The Balaban J connectivity index is 2.25. The highest BCUT2D eigenvalue weighted by atomic mass is 16.5. The number of rotatable bonds is 8. The fourth-order valence-corrected chi connectivity index (χ4v) is 1.82. The number of nitrogens with one attached hydrogen (secondary N) is 3. The van der Waals surface area contributed by atoms with Crippen LogP contribution in [0.1, 0.15) is 27.2 Å². The maximum atomic E-state index is 11.8. The number of hydrogen-bond donors (Lipinski definition) is 3. The summed E-state index contributed by atoms with van der Waals surface area (Å²) in [5.41, 5.74) is -0.393. The van der Waals surface area contributed by atoms with E-state index in [0.717, 1.165) is 0 Å². The predicted octanol–water partition coefficient (Wildman–Crippen LogP) is 1.80. The summed E-state index contributed by atoms with van der Waals surface area (Å²) in [6.07, 6.45) is -0.0742. The molecule has 0 aromatic heterocycles. The zero-order valence-electron chi connectivity index (χ0n) is 15.2. The molecule has 0 bridgehead atoms. The molecule has 26 heavy (non-hydrogen) atoms. The topological polar surface area (TPSA) is 120 Å². The number of carbonyl (C=O) groups excluding carboxylic acids is 3. The third-order valence-corrected chi connectivity index (χ3v) is 3.80. The van der Waals surface area contributed by atoms with Crippen LogP contribution in [0, 0.1) is 17.2 Å². The van der Waals surface area contributed by atoms with Gasteiger partial charge in [-0.3, -0.25) is 9.59 Å². The highest BCUT2D eigenvalue weighted by Crippen LogP contribution is 2.14. The van der Waals surface area contributed by atoms with Crippen molar-refractivity contribution in [2.45, 2.75) is 32.7 Å². The first kappa shape index (κ1) is 21.0. The van der Waals surface area contributed by atoms with E-state index in [4.69, 9.17) is 10.00 Å². The highest BCUT2D eigenvalue weighted by molar-refractivity contribution is 5.89. The number of benzene rings is 1. The first-order valence-corrected chi connectivity index (χ1v) is 8.24. The minimum absolute atomic E-state index is 0.0705. The van der Waals surface area contributed by atoms with Crippen LogP contribution in [0.4, 0.5) is 10.5 Å². The zero-order chi connectivity index (χ0) is 19.6. The predicted molar refractivity (Wildman–Crippen MR) is 96.0 cm³/mol. The smallest absolute Gasteiger partial charge is 0.319 e. The minimum atomic E-state index is -1.03. The first-order chi connectivity index (χ1) is 12.3. The molecular weight excluding hydrogens is 336 g/mol. The molecule has 0 saturated heterocycles. The fourth-order valence-electron chi connectivity index (χ4n) is 1.82. The maximum absolute atomic E-state index is 11.8. The summed E-state index contributed by atoms with van der Waals surface area (Å²) in [7, 11) is 0. The zero-order valence-corrected chi connectivity index (χ0v) is 15.2. The molecule has 3 N–H and O–H groups in total. The molecule has 0 radical (unpaired) electrons. The Morgan fingerprint density at radius 1 is 1.23 bits per heavy atom. The van der Waals surface area contributed by atoms with Gasteiger partial charge in [0, 0.05) is 12.2 Å². The number of esters is 1. The van der Waals surface area contributed by atoms with Crippen LogP contribution in [-0.2, 0) is 14.3 Å². The Hall–Kier alpha value is -3.08. The molecule has 1 atom stereocenters. The number of para-hydroxylation sites is 1. The van der Waals surface area contributed by atoms with Crippen LogP contribution < -0.4 is 16.0 Å². The van der Waals surface area contributed by atoms with Crippen molar-refractivity contribution >= 4 is 23.6 Å². The minimum Gasteiger partial charge on any atom is -0.456 e. The average molecular weight is 360 g/mol. The van der Waals surface area contributed by atoms with Gasteiger partial charge in [-0.2, -0.15) is 5.26 Å². The third kappa shape index (κ3) is 7.21. The molecule has 8 nitrogen and oxygen atoms in total. The van der Waals surface area contributed by atoms with Crippen LogP contribution in [-0.4, -0.2) is 36.6 Å². The second-order valence-electron chi connectivity index (χ2n) is 6.17. The summed E-state index contributed by atoms with van der Waals surface area (Å²) < 4.78 is 4.84. The number of urea groups is 1. The van der Waals surface area contributed by atoms with Gasteiger partial charge in [-0.15, -0.1) is 0 Å². The molecule has 8 heteroatoms. The van der Waals surface area contributed by atoms with Crippen molar-refractivity contribution in [2.24, 2.45) is 5.92 Å². The van der Waals surface area contributed by atoms with Crippen molar-refractivity contribution in [3.63, 3.8) is 0 Å². The summed E-state index contributed by atoms with van der Waals surface area (Å²) in [5.74, 6) is -1.27. The van der Waals surface area contributed by atoms with Crippen LogP contribution in [0.2, 0.25) is 0 Å². The second kappa shape index (κ2) is 10.0. The largest absolute Gasteiger partial charge is 0.456 e. The van der Waals surface area contributed by atoms with Gasteiger partial charge in [0.15, 0.2) is 6.61 Å². The van der Waals surface area contributed by atoms with Gasteiger partial charge in [-0.25, -0.2) is 4.79 Å². The molecule has 0 aliphatic carbocycles. The SMILES string of the molecule is CC(C)[C@@](C)(C#N)NC(=O)COC(=O)CCNC(=O)Nc1ccccc1. The number of nitrogens with zero attached hydrogens (tertiary/aromatic N) is 1. The van der Waals surface area contributed by atoms with Gasteiger partial charge < -0.3 is 20.7 Å². The van der Waals surface area contributed by atoms with Gasteiger partial charge in [-0.1, -0.05) is 32.0 Å². The summed E-state index contributed by atoms with van der Waals surface area (Å²) in [6, 6.07) is 10.5. The van der Waals surface area contributed by atoms with Gasteiger partial charge in [0.2, 0.25) is 0 Å². The Labute approximate surface area is 152 Å². The Morgan fingerprint density at radius 2 is 1.88 bits per heavy atom. The number of ether oxygens (including phenoxy) is 1. The van der Waals surface area contributed by atoms with E-state index in [1.807, 2.05) is 26.0 Å². The molecule has 1 rings (SSSR count). The second-order valence-corrected chi connectivity index (χ2v) is 6.17. The van der Waals surface area contributed by atoms with E-state index in [-0.39, 0.29) is 18.9 Å². The number of amides is 3. The molecule has 140 valence electrons. The van der Waals surface area contributed by atoms with E-state index in [1.54, 1.807) is 31.2 Å². The number of nitriles is 1. The van der Waals surface area contributed by atoms with Crippen molar-refractivity contribution in [1.29, 1.82) is 5.26 Å². The Morgan fingerprint density at radius 3 is 2.46 bits per heavy atom. The van der Waals surface area contributed by atoms with Gasteiger partial charge >= 0.3 is 12.0 Å². The molecule has 0 aliphatic heterocycles. The Kier molecular flexibility index (Phi) is 8.09. The van der Waals surface area contributed by atoms with Crippen LogP contribution in [0.25, 0.3) is 0 Å². The lowest BCUT2D eigenvalue weighted by atomic mass is 9.90. The molecule has 3 amide bonds. The van der Waals surface area contributed by atoms with Crippen molar-refractivity contribution in [2.75, 3.05) is 18.5 Å². The monoisotopic (exact) mass is 360 g/mol. The first-order valence-electron chi connectivity index (χ1n) is 8.24. The summed E-state index contributed by atoms with van der Waals surface area (Å²) in [4.78, 5) is 35.1. The van der Waals surface area contributed by atoms with Gasteiger partial charge in [0.05, 0.1) is 12.5 Å². The van der Waals surface area contributed by atoms with Gasteiger partial charge in [0.25, 0.3) is 5.91 Å². The summed E-state index contributed by atoms with van der Waals surface area (Å²) in [5, 5.41) is 16.8. The van der Waals surface area contributed by atoms with E-state index in [1.165, 1.54) is 0 Å². The molecule has 0 saturated carbocycles. The molecule has 1 aromatic carbocycles. The van der Waals surface area contributed by atoms with Crippen LogP contribution in [0.5, 0.6) is 0 Å². The van der Waals surface area contributed by atoms with E-state index >= 15 is 0 Å². The van der Waals surface area contributed by atoms with E-state index in [9.17, 15) is 14.4 Å². The van der Waals surface area contributed by atoms with E-state index < -0.39 is 30.1 Å². The number of carbonyl (C=O) groups is 3. The number of hydrogen-bond acceptors (Lipinski definition) is 5. The normalized spacial score (nSPS) is 12.4. The van der Waals surface area contributed by atoms with E-state index in [0.29, 0.717) is 5.69 Å². The molecule has 0 aliphatic rings. The lowest BCUT2D eigenvalue weighted by Crippen LogP contribution is -2.50. The molecule has 0 fully saturated rings. The number of anilines is 1. The Bertz CT molecular complexity index is 670. The average Bonchev–Trinajstić information content (AvgIpc) is 2.60. The molecule has 0 unspecified atom stereocenters. The van der Waals surface area contributed by atoms with Crippen LogP contribution in [0.3, 0.4) is 0 Å². The quantitative estimate of drug-likeness (QED) is 0.611. The van der Waals surface area contributed by atoms with Crippen molar-refractivity contribution in [3.05, 3.63) is 30.3 Å². The summed E-state index contributed by atoms with van der Waals surface area (Å²) >= 11 is 0. The lowest BCUT2D eigenvalue weighted by molar-refractivity contribution is -0.148. The molecule has 0 spiro atoms. The fraction of sp³-hybridized carbons (Fsp3) is 0.444. The third-order valence-electron chi connectivity index (χ3n) is 3.80. The molecule has 1 aromatic rings. The van der Waals surface area contributed by atoms with Crippen LogP contribution >= 0.6 is 0 Å². The summed E-state index contributed by atoms with van der Waals surface area (Å²) in [6.45, 7) is 4.82. The highest BCUT2D eigenvalue weighted by Gasteiger charge is 2.30. The lowest BCUT2D eigenvalue weighted by Gasteiger charge is -2.27. The van der Waals surface area contributed by atoms with Crippen molar-refractivity contribution in [1.82, 2.24) is 10.6 Å². The van der Waals surface area contributed by atoms with E-state index in [2.05, 4.69) is 16.0 Å². The molecular formula is C18H24N4O4. The maximum Gasteiger partial charge on any atom is 0.319 e. The van der Waals surface area contributed by atoms with Crippen LogP contribution in [0.15, 0.2) is 30.3 Å².